The van der Waals surface area contributed by atoms with Gasteiger partial charge in [0.1, 0.15) is 4.90 Å². The third-order valence-electron chi connectivity index (χ3n) is 4.00. The lowest BCUT2D eigenvalue weighted by Gasteiger charge is -2.23. The number of nitrogens with two attached hydrogens (primary N) is 1. The molecule has 3 rings (SSSR count). The molecule has 138 valence electrons. The maximum absolute atomic E-state index is 12.1. The van der Waals surface area contributed by atoms with E-state index in [1.54, 1.807) is 0 Å². The van der Waals surface area contributed by atoms with Gasteiger partial charge in [0.25, 0.3) is 0 Å². The minimum atomic E-state index is -4.17. The molecule has 1 aliphatic rings. The molecule has 3 N–H and O–H groups in total. The van der Waals surface area contributed by atoms with Gasteiger partial charge in [-0.25, -0.2) is 18.4 Å². The van der Waals surface area contributed by atoms with Gasteiger partial charge < -0.3 is 14.2 Å². The molecular weight excluding hydrogens is 376 g/mol. The first kappa shape index (κ1) is 18.6. The Kier molecular flexibility index (Phi) is 5.40. The van der Waals surface area contributed by atoms with E-state index in [4.69, 9.17) is 9.32 Å². The Bertz CT molecular complexity index is 910. The molecule has 1 aliphatic heterocycles. The van der Waals surface area contributed by atoms with Crippen molar-refractivity contribution in [3.63, 3.8) is 0 Å². The topological polar surface area (TPSA) is 110 Å². The number of anilines is 1. The molecule has 1 saturated heterocycles. The highest BCUT2D eigenvalue weighted by molar-refractivity contribution is 7.95. The second kappa shape index (κ2) is 7.56. The standard InChI is InChI=1S/C17H18N2O5S2/c18-26(22,23)15-11-12(17(20)21)10-14(19-8-4-5-9-19)16(15)24-25-13-6-2-1-3-7-13/h1-3,6-7,10-11H,4-5,8-9H2,(H,20,21)(H2,18,22,23). The van der Waals surface area contributed by atoms with Crippen molar-refractivity contribution < 1.29 is 22.5 Å². The molecule has 0 atom stereocenters. The average molecular weight is 394 g/mol. The highest BCUT2D eigenvalue weighted by atomic mass is 32.2. The number of primary sulfonamides is 1. The summed E-state index contributed by atoms with van der Waals surface area (Å²) in [5.41, 5.74) is 0.280. The molecule has 26 heavy (non-hydrogen) atoms. The fourth-order valence-corrected chi connectivity index (χ4v) is 4.14. The number of hydrogen-bond acceptors (Lipinski definition) is 6. The van der Waals surface area contributed by atoms with Crippen molar-refractivity contribution in [2.24, 2.45) is 5.14 Å². The van der Waals surface area contributed by atoms with Gasteiger partial charge in [-0.2, -0.15) is 0 Å². The van der Waals surface area contributed by atoms with Gasteiger partial charge in [0.2, 0.25) is 10.0 Å². The lowest BCUT2D eigenvalue weighted by molar-refractivity contribution is 0.0696. The van der Waals surface area contributed by atoms with Crippen molar-refractivity contribution in [3.8, 4) is 5.75 Å². The zero-order chi connectivity index (χ0) is 18.7. The third-order valence-corrected chi connectivity index (χ3v) is 5.63. The Hall–Kier alpha value is -2.23. The number of benzene rings is 2. The van der Waals surface area contributed by atoms with E-state index in [2.05, 4.69) is 0 Å². The quantitative estimate of drug-likeness (QED) is 0.725. The largest absolute Gasteiger partial charge is 0.478 e. The number of carboxylic acid groups (broad SMARTS) is 1. The second-order valence-corrected chi connectivity index (χ2v) is 8.18. The van der Waals surface area contributed by atoms with Gasteiger partial charge in [-0.3, -0.25) is 0 Å². The molecule has 2 aromatic rings. The Morgan fingerprint density at radius 2 is 1.81 bits per heavy atom. The summed E-state index contributed by atoms with van der Waals surface area (Å²) in [4.78, 5) is 13.8. The first-order valence-electron chi connectivity index (χ1n) is 7.95. The summed E-state index contributed by atoms with van der Waals surface area (Å²) in [5.74, 6) is -1.16. The summed E-state index contributed by atoms with van der Waals surface area (Å²) in [5, 5.41) is 14.7. The summed E-state index contributed by atoms with van der Waals surface area (Å²) < 4.78 is 29.9. The van der Waals surface area contributed by atoms with Crippen LogP contribution in [0.4, 0.5) is 5.69 Å². The molecule has 0 saturated carbocycles. The molecule has 7 nitrogen and oxygen atoms in total. The minimum absolute atomic E-state index is 0.0632. The second-order valence-electron chi connectivity index (χ2n) is 5.85. The van der Waals surface area contributed by atoms with Crippen molar-refractivity contribution >= 4 is 33.7 Å². The maximum atomic E-state index is 12.1. The van der Waals surface area contributed by atoms with Gasteiger partial charge in [-0.05, 0) is 37.1 Å². The van der Waals surface area contributed by atoms with Gasteiger partial charge >= 0.3 is 5.97 Å². The van der Waals surface area contributed by atoms with Gasteiger partial charge in [0.05, 0.1) is 23.3 Å². The summed E-state index contributed by atoms with van der Waals surface area (Å²) in [6.07, 6.45) is 1.88. The lowest BCUT2D eigenvalue weighted by Crippen LogP contribution is -2.21. The van der Waals surface area contributed by atoms with E-state index >= 15 is 0 Å². The first-order valence-corrected chi connectivity index (χ1v) is 10.2. The molecule has 0 radical (unpaired) electrons. The van der Waals surface area contributed by atoms with Crippen molar-refractivity contribution in [3.05, 3.63) is 48.0 Å². The fraction of sp³-hybridized carbons (Fsp3) is 0.235. The summed E-state index contributed by atoms with van der Waals surface area (Å²) in [6, 6.07) is 11.6. The van der Waals surface area contributed by atoms with Crippen LogP contribution >= 0.6 is 12.0 Å². The van der Waals surface area contributed by atoms with E-state index < -0.39 is 16.0 Å². The van der Waals surface area contributed by atoms with Crippen LogP contribution in [-0.2, 0) is 10.0 Å². The van der Waals surface area contributed by atoms with Crippen LogP contribution in [0.5, 0.6) is 5.75 Å². The highest BCUT2D eigenvalue weighted by Crippen LogP contribution is 2.40. The van der Waals surface area contributed by atoms with E-state index in [1.807, 2.05) is 35.2 Å². The summed E-state index contributed by atoms with van der Waals surface area (Å²) in [6.45, 7) is 1.39. The predicted octanol–water partition coefficient (Wildman–Crippen LogP) is 2.72. The molecule has 0 amide bonds. The first-order chi connectivity index (χ1) is 12.4. The SMILES string of the molecule is NS(=O)(=O)c1cc(C(=O)O)cc(N2CCCC2)c1OSc1ccccc1. The molecular formula is C17H18N2O5S2. The Morgan fingerprint density at radius 3 is 2.38 bits per heavy atom. The minimum Gasteiger partial charge on any atom is -0.478 e. The number of nitrogens with zero attached hydrogens (tertiary/aromatic N) is 1. The molecule has 0 unspecified atom stereocenters. The zero-order valence-electron chi connectivity index (χ0n) is 13.8. The Balaban J connectivity index is 2.09. The third kappa shape index (κ3) is 4.12. The fourth-order valence-electron chi connectivity index (χ4n) is 2.76. The predicted molar refractivity (Wildman–Crippen MR) is 99.1 cm³/mol. The number of hydrogen-bond donors (Lipinski definition) is 2. The van der Waals surface area contributed by atoms with E-state index in [0.717, 1.165) is 35.8 Å². The van der Waals surface area contributed by atoms with Crippen LogP contribution in [0.3, 0.4) is 0 Å². The Morgan fingerprint density at radius 1 is 1.15 bits per heavy atom. The molecule has 1 heterocycles. The van der Waals surface area contributed by atoms with Crippen molar-refractivity contribution in [2.75, 3.05) is 18.0 Å². The summed E-state index contributed by atoms with van der Waals surface area (Å²) in [7, 11) is -4.17. The molecule has 9 heteroatoms. The van der Waals surface area contributed by atoms with Crippen LogP contribution in [0, 0.1) is 0 Å². The van der Waals surface area contributed by atoms with Gasteiger partial charge in [-0.15, -0.1) is 0 Å². The van der Waals surface area contributed by atoms with Gasteiger partial charge in [0.15, 0.2) is 5.75 Å². The number of sulfonamides is 1. The molecule has 0 aromatic heterocycles. The van der Waals surface area contributed by atoms with Crippen LogP contribution in [0.1, 0.15) is 23.2 Å². The molecule has 2 aromatic carbocycles. The van der Waals surface area contributed by atoms with E-state index in [1.165, 1.54) is 6.07 Å². The van der Waals surface area contributed by atoms with Crippen LogP contribution in [0.2, 0.25) is 0 Å². The van der Waals surface area contributed by atoms with Crippen LogP contribution in [-0.4, -0.2) is 32.6 Å². The van der Waals surface area contributed by atoms with Gasteiger partial charge in [-0.1, -0.05) is 18.2 Å². The van der Waals surface area contributed by atoms with Crippen molar-refractivity contribution in [1.29, 1.82) is 0 Å². The summed E-state index contributed by atoms with van der Waals surface area (Å²) >= 11 is 0.997. The van der Waals surface area contributed by atoms with Crippen molar-refractivity contribution in [1.82, 2.24) is 0 Å². The maximum Gasteiger partial charge on any atom is 0.335 e. The smallest absolute Gasteiger partial charge is 0.335 e. The van der Waals surface area contributed by atoms with E-state index in [0.29, 0.717) is 18.8 Å². The number of carbonyl (C=O) groups is 1. The lowest BCUT2D eigenvalue weighted by atomic mass is 10.1. The highest BCUT2D eigenvalue weighted by Gasteiger charge is 2.27. The van der Waals surface area contributed by atoms with Crippen LogP contribution < -0.4 is 14.2 Å². The normalized spacial score (nSPS) is 14.4. The molecule has 0 aliphatic carbocycles. The van der Waals surface area contributed by atoms with Crippen LogP contribution in [0.15, 0.2) is 52.3 Å². The molecule has 1 fully saturated rings. The zero-order valence-corrected chi connectivity index (χ0v) is 15.4. The van der Waals surface area contributed by atoms with E-state index in [9.17, 15) is 18.3 Å². The average Bonchev–Trinajstić information content (AvgIpc) is 3.13. The number of aromatic carboxylic acids is 1. The van der Waals surface area contributed by atoms with Crippen LogP contribution in [0.25, 0.3) is 0 Å². The monoisotopic (exact) mass is 394 g/mol. The number of carboxylic acids is 1. The van der Waals surface area contributed by atoms with Crippen molar-refractivity contribution in [2.45, 2.75) is 22.6 Å². The molecule has 0 bridgehead atoms. The van der Waals surface area contributed by atoms with Gasteiger partial charge in [0, 0.05) is 18.0 Å². The molecule has 0 spiro atoms. The Labute approximate surface area is 156 Å². The number of rotatable bonds is 6. The van der Waals surface area contributed by atoms with E-state index in [-0.39, 0.29) is 16.2 Å².